The van der Waals surface area contributed by atoms with Crippen LogP contribution in [0.1, 0.15) is 18.6 Å². The van der Waals surface area contributed by atoms with Gasteiger partial charge in [-0.25, -0.2) is 9.97 Å². The van der Waals surface area contributed by atoms with Crippen molar-refractivity contribution in [2.75, 3.05) is 0 Å². The van der Waals surface area contributed by atoms with E-state index < -0.39 is 6.10 Å². The van der Waals surface area contributed by atoms with Crippen molar-refractivity contribution in [1.82, 2.24) is 9.97 Å². The second kappa shape index (κ2) is 3.41. The van der Waals surface area contributed by atoms with Crippen molar-refractivity contribution in [2.24, 2.45) is 5.73 Å². The minimum Gasteiger partial charge on any atom is -0.387 e. The molecule has 0 saturated heterocycles. The average Bonchev–Trinajstić information content (AvgIpc) is 2.05. The lowest BCUT2D eigenvalue weighted by molar-refractivity contribution is 0.152. The zero-order chi connectivity index (χ0) is 8.27. The maximum Gasteiger partial charge on any atom is 0.115 e. The predicted molar refractivity (Wildman–Crippen MR) is 40.6 cm³/mol. The Morgan fingerprint density at radius 2 is 2.00 bits per heavy atom. The molecule has 1 aromatic heterocycles. The molecule has 0 aliphatic carbocycles. The lowest BCUT2D eigenvalue weighted by Gasteiger charge is -2.12. The third-order valence-corrected chi connectivity index (χ3v) is 1.42. The van der Waals surface area contributed by atoms with Crippen molar-refractivity contribution in [3.8, 4) is 0 Å². The maximum absolute atomic E-state index is 9.39. The van der Waals surface area contributed by atoms with E-state index in [2.05, 4.69) is 9.97 Å². The smallest absolute Gasteiger partial charge is 0.115 e. The molecule has 11 heavy (non-hydrogen) atoms. The van der Waals surface area contributed by atoms with Gasteiger partial charge < -0.3 is 10.8 Å². The largest absolute Gasteiger partial charge is 0.387 e. The third kappa shape index (κ3) is 1.96. The highest BCUT2D eigenvalue weighted by Crippen LogP contribution is 2.11. The molecule has 0 radical (unpaired) electrons. The van der Waals surface area contributed by atoms with E-state index in [9.17, 15) is 5.11 Å². The van der Waals surface area contributed by atoms with Crippen LogP contribution in [0.15, 0.2) is 18.7 Å². The fourth-order valence-electron chi connectivity index (χ4n) is 0.767. The summed E-state index contributed by atoms with van der Waals surface area (Å²) in [5.41, 5.74) is 6.12. The molecule has 0 spiro atoms. The van der Waals surface area contributed by atoms with E-state index in [4.69, 9.17) is 5.73 Å². The Hall–Kier alpha value is -1.00. The summed E-state index contributed by atoms with van der Waals surface area (Å²) in [4.78, 5) is 7.52. The van der Waals surface area contributed by atoms with Crippen LogP contribution < -0.4 is 5.73 Å². The van der Waals surface area contributed by atoms with E-state index in [0.717, 1.165) is 0 Å². The summed E-state index contributed by atoms with van der Waals surface area (Å²) < 4.78 is 0. The fourth-order valence-corrected chi connectivity index (χ4v) is 0.767. The Labute approximate surface area is 65.1 Å². The Morgan fingerprint density at radius 3 is 2.45 bits per heavy atom. The quantitative estimate of drug-likeness (QED) is 0.620. The van der Waals surface area contributed by atoms with E-state index in [1.807, 2.05) is 0 Å². The minimum atomic E-state index is -0.670. The molecular formula is C7H11N3O. The number of aliphatic hydroxyl groups is 1. The molecule has 0 unspecified atom stereocenters. The topological polar surface area (TPSA) is 72.0 Å². The summed E-state index contributed by atoms with van der Waals surface area (Å²) in [6, 6.07) is -0.291. The summed E-state index contributed by atoms with van der Waals surface area (Å²) in [6.45, 7) is 1.73. The molecule has 0 bridgehead atoms. The van der Waals surface area contributed by atoms with Crippen molar-refractivity contribution in [3.05, 3.63) is 24.3 Å². The van der Waals surface area contributed by atoms with Gasteiger partial charge in [0.15, 0.2) is 0 Å². The van der Waals surface area contributed by atoms with Crippen molar-refractivity contribution in [3.63, 3.8) is 0 Å². The first kappa shape index (κ1) is 8.10. The summed E-state index contributed by atoms with van der Waals surface area (Å²) >= 11 is 0. The Bertz CT molecular complexity index is 212. The molecular weight excluding hydrogens is 142 g/mol. The molecule has 0 fully saturated rings. The second-order valence-corrected chi connectivity index (χ2v) is 2.48. The highest BCUT2D eigenvalue weighted by molar-refractivity contribution is 5.08. The van der Waals surface area contributed by atoms with Gasteiger partial charge in [-0.05, 0) is 6.92 Å². The first-order chi connectivity index (χ1) is 5.22. The maximum atomic E-state index is 9.39. The van der Waals surface area contributed by atoms with Crippen LogP contribution in [0.2, 0.25) is 0 Å². The number of nitrogens with two attached hydrogens (primary N) is 1. The number of aliphatic hydroxyl groups excluding tert-OH is 1. The fraction of sp³-hybridized carbons (Fsp3) is 0.429. The van der Waals surface area contributed by atoms with Gasteiger partial charge in [-0.15, -0.1) is 0 Å². The molecule has 0 aliphatic rings. The van der Waals surface area contributed by atoms with Crippen LogP contribution >= 0.6 is 0 Å². The molecule has 3 N–H and O–H groups in total. The van der Waals surface area contributed by atoms with Crippen LogP contribution in [0.4, 0.5) is 0 Å². The molecule has 0 saturated carbocycles. The van der Waals surface area contributed by atoms with Crippen molar-refractivity contribution < 1.29 is 5.11 Å². The molecule has 4 nitrogen and oxygen atoms in total. The summed E-state index contributed by atoms with van der Waals surface area (Å²) in [6.07, 6.45) is 3.86. The summed E-state index contributed by atoms with van der Waals surface area (Å²) in [5, 5.41) is 9.39. The molecule has 1 aromatic rings. The van der Waals surface area contributed by atoms with Crippen LogP contribution in [-0.2, 0) is 0 Å². The van der Waals surface area contributed by atoms with E-state index in [1.54, 1.807) is 19.3 Å². The monoisotopic (exact) mass is 153 g/mol. The summed E-state index contributed by atoms with van der Waals surface area (Å²) in [7, 11) is 0. The lowest BCUT2D eigenvalue weighted by Crippen LogP contribution is -2.24. The van der Waals surface area contributed by atoms with Gasteiger partial charge >= 0.3 is 0 Å². The molecule has 0 aliphatic heterocycles. The van der Waals surface area contributed by atoms with Gasteiger partial charge in [0.2, 0.25) is 0 Å². The molecule has 0 amide bonds. The first-order valence-electron chi connectivity index (χ1n) is 3.40. The normalized spacial score (nSPS) is 15.9. The van der Waals surface area contributed by atoms with Crippen molar-refractivity contribution in [2.45, 2.75) is 19.1 Å². The van der Waals surface area contributed by atoms with Gasteiger partial charge in [0.25, 0.3) is 0 Å². The van der Waals surface area contributed by atoms with Gasteiger partial charge in [0, 0.05) is 24.0 Å². The van der Waals surface area contributed by atoms with Crippen LogP contribution in [0, 0.1) is 0 Å². The zero-order valence-corrected chi connectivity index (χ0v) is 6.31. The van der Waals surface area contributed by atoms with Gasteiger partial charge in [0.1, 0.15) is 6.33 Å². The molecule has 1 rings (SSSR count). The van der Waals surface area contributed by atoms with Crippen LogP contribution in [0.5, 0.6) is 0 Å². The predicted octanol–water partition coefficient (Wildman–Crippen LogP) is -0.143. The highest BCUT2D eigenvalue weighted by Gasteiger charge is 2.11. The van der Waals surface area contributed by atoms with Crippen molar-refractivity contribution in [1.29, 1.82) is 0 Å². The Kier molecular flexibility index (Phi) is 2.51. The van der Waals surface area contributed by atoms with Gasteiger partial charge in [-0.1, -0.05) is 0 Å². The number of hydrogen-bond acceptors (Lipinski definition) is 4. The third-order valence-electron chi connectivity index (χ3n) is 1.42. The average molecular weight is 153 g/mol. The van der Waals surface area contributed by atoms with Gasteiger partial charge in [-0.3, -0.25) is 0 Å². The van der Waals surface area contributed by atoms with Crippen LogP contribution in [-0.4, -0.2) is 21.1 Å². The van der Waals surface area contributed by atoms with Crippen LogP contribution in [0.3, 0.4) is 0 Å². The Balaban J connectivity index is 2.77. The molecule has 1 heterocycles. The first-order valence-corrected chi connectivity index (χ1v) is 3.40. The molecule has 4 heteroatoms. The van der Waals surface area contributed by atoms with Gasteiger partial charge in [0.05, 0.1) is 6.10 Å². The molecule has 0 aromatic carbocycles. The van der Waals surface area contributed by atoms with E-state index in [-0.39, 0.29) is 6.04 Å². The minimum absolute atomic E-state index is 0.291. The van der Waals surface area contributed by atoms with Gasteiger partial charge in [-0.2, -0.15) is 0 Å². The van der Waals surface area contributed by atoms with E-state index in [0.29, 0.717) is 5.56 Å². The molecule has 60 valence electrons. The Morgan fingerprint density at radius 1 is 1.45 bits per heavy atom. The SMILES string of the molecule is C[C@@H](N)[C@@H](O)c1cncnc1. The zero-order valence-electron chi connectivity index (χ0n) is 6.31. The van der Waals surface area contributed by atoms with E-state index >= 15 is 0 Å². The number of rotatable bonds is 2. The number of nitrogens with zero attached hydrogens (tertiary/aromatic N) is 2. The standard InChI is InChI=1S/C7H11N3O/c1-5(8)7(11)6-2-9-4-10-3-6/h2-5,7,11H,8H2,1H3/t5-,7-/m1/s1. The highest BCUT2D eigenvalue weighted by atomic mass is 16.3. The summed E-state index contributed by atoms with van der Waals surface area (Å²) in [5.74, 6) is 0. The number of hydrogen-bond donors (Lipinski definition) is 2. The van der Waals surface area contributed by atoms with Crippen LogP contribution in [0.25, 0.3) is 0 Å². The second-order valence-electron chi connectivity index (χ2n) is 2.48. The van der Waals surface area contributed by atoms with E-state index in [1.165, 1.54) is 6.33 Å². The molecule has 2 atom stereocenters. The van der Waals surface area contributed by atoms with Crippen molar-refractivity contribution >= 4 is 0 Å². The number of aromatic nitrogens is 2. The lowest BCUT2D eigenvalue weighted by atomic mass is 10.1.